The number of amides is 2. The number of hydrogen-bond donors (Lipinski definition) is 1. The third-order valence-corrected chi connectivity index (χ3v) is 3.88. The Labute approximate surface area is 122 Å². The molecule has 0 saturated carbocycles. The lowest BCUT2D eigenvalue weighted by molar-refractivity contribution is -0.155. The van der Waals surface area contributed by atoms with Crippen LogP contribution in [0.4, 0.5) is 0 Å². The van der Waals surface area contributed by atoms with Crippen molar-refractivity contribution in [1.29, 1.82) is 0 Å². The van der Waals surface area contributed by atoms with E-state index in [9.17, 15) is 9.59 Å². The summed E-state index contributed by atoms with van der Waals surface area (Å²) in [6, 6.07) is -0.805. The minimum absolute atomic E-state index is 0.0188. The fourth-order valence-corrected chi connectivity index (χ4v) is 2.85. The van der Waals surface area contributed by atoms with Crippen LogP contribution in [0.3, 0.4) is 0 Å². The van der Waals surface area contributed by atoms with Crippen LogP contribution in [-0.2, 0) is 14.3 Å². The van der Waals surface area contributed by atoms with Gasteiger partial charge in [0.2, 0.25) is 11.8 Å². The number of carbonyl (C=O) groups is 2. The third-order valence-electron chi connectivity index (χ3n) is 3.88. The molecule has 5 heteroatoms. The highest BCUT2D eigenvalue weighted by Gasteiger charge is 2.43. The van der Waals surface area contributed by atoms with E-state index in [1.165, 1.54) is 0 Å². The lowest BCUT2D eigenvalue weighted by atomic mass is 9.94. The van der Waals surface area contributed by atoms with Gasteiger partial charge in [-0.1, -0.05) is 34.1 Å². The van der Waals surface area contributed by atoms with Crippen LogP contribution in [0.1, 0.15) is 47.0 Å². The molecule has 3 unspecified atom stereocenters. The Morgan fingerprint density at radius 2 is 1.95 bits per heavy atom. The van der Waals surface area contributed by atoms with E-state index in [1.54, 1.807) is 12.0 Å². The molecule has 0 radical (unpaired) electrons. The van der Waals surface area contributed by atoms with E-state index in [2.05, 4.69) is 12.2 Å². The molecule has 0 aromatic carbocycles. The lowest BCUT2D eigenvalue weighted by Crippen LogP contribution is -2.67. The van der Waals surface area contributed by atoms with Crippen molar-refractivity contribution >= 4 is 11.8 Å². The van der Waals surface area contributed by atoms with E-state index < -0.39 is 6.04 Å². The van der Waals surface area contributed by atoms with Gasteiger partial charge in [-0.3, -0.25) is 9.59 Å². The molecule has 5 nitrogen and oxygen atoms in total. The van der Waals surface area contributed by atoms with Crippen molar-refractivity contribution in [3.63, 3.8) is 0 Å². The van der Waals surface area contributed by atoms with Crippen LogP contribution in [0.25, 0.3) is 0 Å². The summed E-state index contributed by atoms with van der Waals surface area (Å²) in [7, 11) is 1.64. The van der Waals surface area contributed by atoms with Gasteiger partial charge < -0.3 is 15.0 Å². The van der Waals surface area contributed by atoms with Crippen molar-refractivity contribution in [1.82, 2.24) is 10.2 Å². The number of piperazine rings is 1. The van der Waals surface area contributed by atoms with E-state index in [0.717, 1.165) is 12.8 Å². The van der Waals surface area contributed by atoms with Gasteiger partial charge in [0.15, 0.2) is 0 Å². The van der Waals surface area contributed by atoms with Gasteiger partial charge in [0.1, 0.15) is 12.1 Å². The Balaban J connectivity index is 3.05. The van der Waals surface area contributed by atoms with Gasteiger partial charge in [-0.05, 0) is 18.8 Å². The number of hydrogen-bond acceptors (Lipinski definition) is 3. The standard InChI is InChI=1S/C15H28N2O3/c1-6-8-11(9-20-5)17-12(7-2)14(18)16-13(10(3)4)15(17)19/h10-13H,6-9H2,1-5H3,(H,16,18). The molecule has 20 heavy (non-hydrogen) atoms. The Bertz CT molecular complexity index is 338. The van der Waals surface area contributed by atoms with Crippen LogP contribution in [0, 0.1) is 5.92 Å². The average molecular weight is 284 g/mol. The predicted octanol–water partition coefficient (Wildman–Crippen LogP) is 1.56. The highest BCUT2D eigenvalue weighted by Crippen LogP contribution is 2.22. The Morgan fingerprint density at radius 1 is 1.30 bits per heavy atom. The minimum Gasteiger partial charge on any atom is -0.383 e. The van der Waals surface area contributed by atoms with Crippen LogP contribution < -0.4 is 5.32 Å². The average Bonchev–Trinajstić information content (AvgIpc) is 2.40. The summed E-state index contributed by atoms with van der Waals surface area (Å²) in [5, 5.41) is 2.86. The minimum atomic E-state index is -0.415. The monoisotopic (exact) mass is 284 g/mol. The molecular formula is C15H28N2O3. The fraction of sp³-hybridized carbons (Fsp3) is 0.867. The van der Waals surface area contributed by atoms with Crippen molar-refractivity contribution in [3.05, 3.63) is 0 Å². The fourth-order valence-electron chi connectivity index (χ4n) is 2.85. The normalized spacial score (nSPS) is 25.0. The van der Waals surface area contributed by atoms with Crippen LogP contribution in [0.5, 0.6) is 0 Å². The second-order valence-electron chi connectivity index (χ2n) is 5.80. The van der Waals surface area contributed by atoms with E-state index >= 15 is 0 Å². The lowest BCUT2D eigenvalue weighted by Gasteiger charge is -2.44. The van der Waals surface area contributed by atoms with Gasteiger partial charge in [-0.2, -0.15) is 0 Å². The molecule has 1 N–H and O–H groups in total. The van der Waals surface area contributed by atoms with Crippen molar-refractivity contribution in [3.8, 4) is 0 Å². The second-order valence-corrected chi connectivity index (χ2v) is 5.80. The summed E-state index contributed by atoms with van der Waals surface area (Å²) in [5.41, 5.74) is 0. The molecule has 2 amide bonds. The summed E-state index contributed by atoms with van der Waals surface area (Å²) in [5.74, 6) is 0.0848. The maximum absolute atomic E-state index is 12.7. The van der Waals surface area contributed by atoms with Crippen LogP contribution in [0.2, 0.25) is 0 Å². The predicted molar refractivity (Wildman–Crippen MR) is 78.3 cm³/mol. The zero-order valence-electron chi connectivity index (χ0n) is 13.3. The first-order valence-corrected chi connectivity index (χ1v) is 7.59. The first kappa shape index (κ1) is 17.0. The van der Waals surface area contributed by atoms with Gasteiger partial charge in [0.25, 0.3) is 0 Å². The van der Waals surface area contributed by atoms with Gasteiger partial charge in [-0.15, -0.1) is 0 Å². The molecule has 1 heterocycles. The highest BCUT2D eigenvalue weighted by atomic mass is 16.5. The Hall–Kier alpha value is -1.10. The molecule has 1 saturated heterocycles. The van der Waals surface area contributed by atoms with Crippen molar-refractivity contribution in [2.75, 3.05) is 13.7 Å². The molecule has 0 aromatic heterocycles. The van der Waals surface area contributed by atoms with E-state index in [-0.39, 0.29) is 29.8 Å². The molecular weight excluding hydrogens is 256 g/mol. The van der Waals surface area contributed by atoms with Crippen molar-refractivity contribution < 1.29 is 14.3 Å². The Kier molecular flexibility index (Phi) is 6.46. The summed E-state index contributed by atoms with van der Waals surface area (Å²) in [6.07, 6.45) is 2.45. The van der Waals surface area contributed by atoms with Gasteiger partial charge in [-0.25, -0.2) is 0 Å². The zero-order chi connectivity index (χ0) is 15.3. The number of methoxy groups -OCH3 is 1. The quantitative estimate of drug-likeness (QED) is 0.772. The topological polar surface area (TPSA) is 58.6 Å². The van der Waals surface area contributed by atoms with Crippen molar-refractivity contribution in [2.24, 2.45) is 5.92 Å². The first-order chi connectivity index (χ1) is 9.47. The first-order valence-electron chi connectivity index (χ1n) is 7.59. The van der Waals surface area contributed by atoms with Crippen LogP contribution in [-0.4, -0.2) is 48.6 Å². The molecule has 0 bridgehead atoms. The maximum Gasteiger partial charge on any atom is 0.246 e. The molecule has 1 fully saturated rings. The third kappa shape index (κ3) is 3.51. The van der Waals surface area contributed by atoms with E-state index in [1.807, 2.05) is 20.8 Å². The summed E-state index contributed by atoms with van der Waals surface area (Å²) in [4.78, 5) is 26.8. The molecule has 0 aliphatic carbocycles. The number of carbonyl (C=O) groups excluding carboxylic acids is 2. The molecule has 0 aromatic rings. The van der Waals surface area contributed by atoms with Crippen LogP contribution >= 0.6 is 0 Å². The van der Waals surface area contributed by atoms with Gasteiger partial charge in [0, 0.05) is 7.11 Å². The molecule has 1 aliphatic rings. The zero-order valence-corrected chi connectivity index (χ0v) is 13.3. The number of nitrogens with one attached hydrogen (secondary N) is 1. The largest absolute Gasteiger partial charge is 0.383 e. The molecule has 3 atom stereocenters. The Morgan fingerprint density at radius 3 is 2.40 bits per heavy atom. The second kappa shape index (κ2) is 7.62. The number of nitrogens with zero attached hydrogens (tertiary/aromatic N) is 1. The van der Waals surface area contributed by atoms with Gasteiger partial charge in [0.05, 0.1) is 12.6 Å². The highest BCUT2D eigenvalue weighted by molar-refractivity contribution is 5.97. The van der Waals surface area contributed by atoms with Crippen molar-refractivity contribution in [2.45, 2.75) is 65.1 Å². The SMILES string of the molecule is CCCC(COC)N1C(=O)C(C(C)C)NC(=O)C1CC. The smallest absolute Gasteiger partial charge is 0.246 e. The molecule has 116 valence electrons. The number of ether oxygens (including phenoxy) is 1. The maximum atomic E-state index is 12.7. The van der Waals surface area contributed by atoms with Crippen LogP contribution in [0.15, 0.2) is 0 Å². The van der Waals surface area contributed by atoms with Gasteiger partial charge >= 0.3 is 0 Å². The molecule has 1 aliphatic heterocycles. The van der Waals surface area contributed by atoms with E-state index in [0.29, 0.717) is 13.0 Å². The molecule has 1 rings (SSSR count). The summed E-state index contributed by atoms with van der Waals surface area (Å²) >= 11 is 0. The summed E-state index contributed by atoms with van der Waals surface area (Å²) < 4.78 is 5.26. The van der Waals surface area contributed by atoms with E-state index in [4.69, 9.17) is 4.74 Å². The molecule has 0 spiro atoms. The summed E-state index contributed by atoms with van der Waals surface area (Å²) in [6.45, 7) is 8.42. The number of rotatable bonds is 7.